The van der Waals surface area contributed by atoms with E-state index < -0.39 is 34.0 Å². The van der Waals surface area contributed by atoms with Crippen LogP contribution in [-0.2, 0) is 29.2 Å². The number of carbonyl (C=O) groups is 4. The molecule has 4 rings (SSSR count). The second kappa shape index (κ2) is 13.1. The van der Waals surface area contributed by atoms with Crippen LogP contribution in [0, 0.1) is 5.92 Å². The van der Waals surface area contributed by atoms with E-state index in [1.54, 1.807) is 4.90 Å². The lowest BCUT2D eigenvalue weighted by Crippen LogP contribution is -2.51. The average Bonchev–Trinajstić information content (AvgIpc) is 3.56. The number of hydrogen-bond acceptors (Lipinski definition) is 6. The Kier molecular flexibility index (Phi) is 9.97. The number of piperidine rings is 1. The lowest BCUT2D eigenvalue weighted by Gasteiger charge is -2.34. The van der Waals surface area contributed by atoms with E-state index in [1.165, 1.54) is 18.2 Å². The van der Waals surface area contributed by atoms with Gasteiger partial charge >= 0.3 is 5.97 Å². The number of aliphatic carboxylic acids is 1. The Morgan fingerprint density at radius 3 is 2.27 bits per heavy atom. The van der Waals surface area contributed by atoms with Gasteiger partial charge in [0, 0.05) is 55.6 Å². The molecular formula is C26H34Cl2N4O7S. The van der Waals surface area contributed by atoms with Gasteiger partial charge in [0.05, 0.1) is 4.90 Å². The maximum absolute atomic E-state index is 13.2. The number of likely N-dealkylation sites (tertiary alicyclic amines) is 2. The van der Waals surface area contributed by atoms with E-state index in [2.05, 4.69) is 5.32 Å². The van der Waals surface area contributed by atoms with Gasteiger partial charge in [0.15, 0.2) is 0 Å². The molecule has 14 heteroatoms. The van der Waals surface area contributed by atoms with Gasteiger partial charge < -0.3 is 20.2 Å². The quantitative estimate of drug-likeness (QED) is 0.410. The van der Waals surface area contributed by atoms with Crippen molar-refractivity contribution in [3.05, 3.63) is 28.2 Å². The lowest BCUT2D eigenvalue weighted by atomic mass is 9.95. The third kappa shape index (κ3) is 7.26. The maximum Gasteiger partial charge on any atom is 0.326 e. The maximum atomic E-state index is 13.2. The van der Waals surface area contributed by atoms with Crippen LogP contribution >= 0.6 is 23.2 Å². The smallest absolute Gasteiger partial charge is 0.326 e. The van der Waals surface area contributed by atoms with Crippen LogP contribution in [0.1, 0.15) is 51.4 Å². The van der Waals surface area contributed by atoms with Crippen LogP contribution in [0.15, 0.2) is 23.1 Å². The van der Waals surface area contributed by atoms with Crippen LogP contribution in [-0.4, -0.2) is 96.1 Å². The fourth-order valence-electron chi connectivity index (χ4n) is 5.63. The molecule has 2 atom stereocenters. The predicted molar refractivity (Wildman–Crippen MR) is 147 cm³/mol. The highest BCUT2D eigenvalue weighted by molar-refractivity contribution is 7.89. The largest absolute Gasteiger partial charge is 0.480 e. The van der Waals surface area contributed by atoms with Crippen molar-refractivity contribution in [3.8, 4) is 0 Å². The Morgan fingerprint density at radius 2 is 1.68 bits per heavy atom. The van der Waals surface area contributed by atoms with Crippen molar-refractivity contribution < 1.29 is 32.7 Å². The first-order valence-corrected chi connectivity index (χ1v) is 15.7. The number of hydrogen-bond donors (Lipinski definition) is 2. The van der Waals surface area contributed by atoms with Gasteiger partial charge in [0.25, 0.3) is 0 Å². The van der Waals surface area contributed by atoms with Crippen LogP contribution in [0.4, 0.5) is 0 Å². The van der Waals surface area contributed by atoms with Gasteiger partial charge in [0.2, 0.25) is 27.7 Å². The van der Waals surface area contributed by atoms with Crippen LogP contribution in [0.3, 0.4) is 0 Å². The van der Waals surface area contributed by atoms with E-state index in [9.17, 15) is 32.7 Å². The van der Waals surface area contributed by atoms with Crippen LogP contribution in [0.5, 0.6) is 0 Å². The number of halogens is 2. The Morgan fingerprint density at radius 1 is 1.00 bits per heavy atom. The van der Waals surface area contributed by atoms with Gasteiger partial charge in [-0.15, -0.1) is 0 Å². The highest BCUT2D eigenvalue weighted by Gasteiger charge is 2.41. The predicted octanol–water partition coefficient (Wildman–Crippen LogP) is 2.36. The molecule has 0 radical (unpaired) electrons. The molecule has 0 aromatic heterocycles. The van der Waals surface area contributed by atoms with Gasteiger partial charge in [-0.1, -0.05) is 23.2 Å². The first-order chi connectivity index (χ1) is 19.0. The van der Waals surface area contributed by atoms with Crippen LogP contribution in [0.2, 0.25) is 10.0 Å². The molecule has 0 saturated carbocycles. The molecule has 40 heavy (non-hydrogen) atoms. The minimum absolute atomic E-state index is 0.0692. The molecule has 3 aliphatic heterocycles. The SMILES string of the molecule is O=C(O)[C@H](CCC(=O)N1CCC(CN2CCCC2=O)CC1)NC(=O)[C@H]1CCCN1S(=O)(=O)c1cc(Cl)cc(Cl)c1. The summed E-state index contributed by atoms with van der Waals surface area (Å²) in [5.74, 6) is -1.70. The number of amides is 3. The molecule has 3 aliphatic rings. The van der Waals surface area contributed by atoms with Gasteiger partial charge in [-0.3, -0.25) is 14.4 Å². The van der Waals surface area contributed by atoms with E-state index in [0.717, 1.165) is 30.1 Å². The minimum atomic E-state index is -4.12. The zero-order valence-corrected chi connectivity index (χ0v) is 24.4. The van der Waals surface area contributed by atoms with Crippen LogP contribution < -0.4 is 5.32 Å². The van der Waals surface area contributed by atoms with Crippen molar-refractivity contribution in [3.63, 3.8) is 0 Å². The minimum Gasteiger partial charge on any atom is -0.480 e. The van der Waals surface area contributed by atoms with Crippen molar-refractivity contribution >= 4 is 56.9 Å². The highest BCUT2D eigenvalue weighted by atomic mass is 35.5. The third-order valence-corrected chi connectivity index (χ3v) is 10.2. The third-order valence-electron chi connectivity index (χ3n) is 7.83. The molecule has 3 fully saturated rings. The van der Waals surface area contributed by atoms with Crippen LogP contribution in [0.25, 0.3) is 0 Å². The van der Waals surface area contributed by atoms with E-state index in [1.807, 2.05) is 4.90 Å². The van der Waals surface area contributed by atoms with Crippen molar-refractivity contribution in [2.24, 2.45) is 5.92 Å². The highest BCUT2D eigenvalue weighted by Crippen LogP contribution is 2.30. The standard InChI is InChI=1S/C26H34Cl2N4O7S/c27-18-13-19(28)15-20(14-18)40(38,39)32-10-1-3-22(32)25(35)29-21(26(36)37)5-6-24(34)30-11-7-17(8-12-30)16-31-9-2-4-23(31)33/h13-15,17,21-22H,1-12,16H2,(H,29,35)(H,36,37)/t21-,22+/m0/s1. The Labute approximate surface area is 243 Å². The van der Waals surface area contributed by atoms with Gasteiger partial charge in [-0.05, 0) is 62.6 Å². The first kappa shape index (κ1) is 30.5. The molecule has 2 N–H and O–H groups in total. The number of nitrogens with zero attached hydrogens (tertiary/aromatic N) is 3. The normalized spacial score (nSPS) is 21.6. The summed E-state index contributed by atoms with van der Waals surface area (Å²) >= 11 is 11.9. The summed E-state index contributed by atoms with van der Waals surface area (Å²) in [6.45, 7) is 2.67. The molecule has 220 valence electrons. The van der Waals surface area contributed by atoms with Crippen molar-refractivity contribution in [1.29, 1.82) is 0 Å². The zero-order valence-electron chi connectivity index (χ0n) is 22.1. The van der Waals surface area contributed by atoms with Gasteiger partial charge in [-0.2, -0.15) is 4.31 Å². The van der Waals surface area contributed by atoms with Crippen molar-refractivity contribution in [2.75, 3.05) is 32.7 Å². The molecule has 11 nitrogen and oxygen atoms in total. The summed E-state index contributed by atoms with van der Waals surface area (Å²) in [5.41, 5.74) is 0. The fourth-order valence-corrected chi connectivity index (χ4v) is 8.01. The summed E-state index contributed by atoms with van der Waals surface area (Å²) in [5, 5.41) is 12.4. The zero-order chi connectivity index (χ0) is 29.0. The first-order valence-electron chi connectivity index (χ1n) is 13.5. The van der Waals surface area contributed by atoms with E-state index in [-0.39, 0.29) is 52.6 Å². The monoisotopic (exact) mass is 616 g/mol. The van der Waals surface area contributed by atoms with E-state index in [4.69, 9.17) is 23.2 Å². The number of nitrogens with one attached hydrogen (secondary N) is 1. The van der Waals surface area contributed by atoms with E-state index >= 15 is 0 Å². The molecule has 0 unspecified atom stereocenters. The molecule has 0 aliphatic carbocycles. The molecule has 3 amide bonds. The molecule has 0 bridgehead atoms. The summed E-state index contributed by atoms with van der Waals surface area (Å²) in [7, 11) is -4.12. The number of benzene rings is 1. The van der Waals surface area contributed by atoms with E-state index in [0.29, 0.717) is 38.4 Å². The van der Waals surface area contributed by atoms with Gasteiger partial charge in [-0.25, -0.2) is 13.2 Å². The fraction of sp³-hybridized carbons (Fsp3) is 0.615. The summed E-state index contributed by atoms with van der Waals surface area (Å²) < 4.78 is 27.5. The number of carbonyl (C=O) groups excluding carboxylic acids is 3. The number of carboxylic acids is 1. The molecule has 3 heterocycles. The second-order valence-corrected chi connectivity index (χ2v) is 13.3. The summed E-state index contributed by atoms with van der Waals surface area (Å²) in [4.78, 5) is 53.1. The molecular weight excluding hydrogens is 583 g/mol. The Hall–Kier alpha value is -2.41. The lowest BCUT2D eigenvalue weighted by molar-refractivity contribution is -0.143. The topological polar surface area (TPSA) is 144 Å². The van der Waals surface area contributed by atoms with Crippen molar-refractivity contribution in [1.82, 2.24) is 19.4 Å². The average molecular weight is 618 g/mol. The molecule has 0 spiro atoms. The number of carboxylic acid groups (broad SMARTS) is 1. The summed E-state index contributed by atoms with van der Waals surface area (Å²) in [6.07, 6.45) is 3.50. The molecule has 1 aromatic rings. The number of sulfonamides is 1. The van der Waals surface area contributed by atoms with Crippen molar-refractivity contribution in [2.45, 2.75) is 68.3 Å². The Balaban J connectivity index is 1.30. The summed E-state index contributed by atoms with van der Waals surface area (Å²) in [6, 6.07) is 1.45. The van der Waals surface area contributed by atoms with Gasteiger partial charge in [0.1, 0.15) is 12.1 Å². The second-order valence-electron chi connectivity index (χ2n) is 10.6. The number of rotatable bonds is 10. The Bertz CT molecular complexity index is 1230. The molecule has 3 saturated heterocycles. The molecule has 1 aromatic carbocycles.